The maximum Gasteiger partial charge on any atom is 0.0365 e. The van der Waals surface area contributed by atoms with E-state index in [1.165, 1.54) is 24.8 Å². The normalized spacial score (nSPS) is 15.5. The number of rotatable bonds is 8. The summed E-state index contributed by atoms with van der Waals surface area (Å²) in [4.78, 5) is 0. The van der Waals surface area contributed by atoms with Crippen LogP contribution < -0.4 is 5.32 Å². The lowest BCUT2D eigenvalue weighted by Crippen LogP contribution is -2.45. The second kappa shape index (κ2) is 7.11. The van der Waals surface area contributed by atoms with Crippen LogP contribution in [0.4, 0.5) is 0 Å². The van der Waals surface area contributed by atoms with E-state index in [4.69, 9.17) is 0 Å². The first-order valence-corrected chi connectivity index (χ1v) is 6.77. The fourth-order valence-electron chi connectivity index (χ4n) is 2.14. The van der Waals surface area contributed by atoms with Gasteiger partial charge in [-0.05, 0) is 38.1 Å². The number of hydrogen-bond acceptors (Lipinski definition) is 1. The van der Waals surface area contributed by atoms with Crippen LogP contribution in [0.15, 0.2) is 12.2 Å². The van der Waals surface area contributed by atoms with Gasteiger partial charge in [0.25, 0.3) is 0 Å². The van der Waals surface area contributed by atoms with Crippen molar-refractivity contribution in [3.63, 3.8) is 0 Å². The van der Waals surface area contributed by atoms with Crippen molar-refractivity contribution in [2.45, 2.75) is 66.3 Å². The Hall–Kier alpha value is -0.300. The van der Waals surface area contributed by atoms with Gasteiger partial charge in [0.2, 0.25) is 0 Å². The topological polar surface area (TPSA) is 12.0 Å². The third-order valence-electron chi connectivity index (χ3n) is 3.39. The average Bonchev–Trinajstić information content (AvgIpc) is 2.16. The van der Waals surface area contributed by atoms with Gasteiger partial charge in [-0.3, -0.25) is 0 Å². The molecular formula is C15H31N. The van der Waals surface area contributed by atoms with Crippen molar-refractivity contribution in [3.8, 4) is 0 Å². The first-order chi connectivity index (χ1) is 7.33. The van der Waals surface area contributed by atoms with E-state index in [0.29, 0.717) is 5.92 Å². The van der Waals surface area contributed by atoms with E-state index in [1.54, 1.807) is 0 Å². The number of hydrogen-bond donors (Lipinski definition) is 1. The summed E-state index contributed by atoms with van der Waals surface area (Å²) in [6.45, 7) is 18.9. The van der Waals surface area contributed by atoms with Crippen LogP contribution >= 0.6 is 0 Å². The van der Waals surface area contributed by atoms with Crippen LogP contribution in [0.25, 0.3) is 0 Å². The Bertz CT molecular complexity index is 205. The molecule has 16 heavy (non-hydrogen) atoms. The molecule has 96 valence electrons. The standard InChI is InChI=1S/C15H31N/c1-8-10-15(7,14(6)13(4)5)16-11-9-12(2)3/h12-13,16H,6,8-11H2,1-5,7H3. The third-order valence-corrected chi connectivity index (χ3v) is 3.39. The number of nitrogens with one attached hydrogen (secondary N) is 1. The summed E-state index contributed by atoms with van der Waals surface area (Å²) < 4.78 is 0. The smallest absolute Gasteiger partial charge is 0.0365 e. The highest BCUT2D eigenvalue weighted by Gasteiger charge is 2.27. The molecule has 0 fully saturated rings. The molecular weight excluding hydrogens is 194 g/mol. The first-order valence-electron chi connectivity index (χ1n) is 6.77. The molecule has 1 heteroatoms. The van der Waals surface area contributed by atoms with Crippen LogP contribution in [0.3, 0.4) is 0 Å². The van der Waals surface area contributed by atoms with Crippen molar-refractivity contribution in [1.82, 2.24) is 5.32 Å². The van der Waals surface area contributed by atoms with Crippen molar-refractivity contribution in [1.29, 1.82) is 0 Å². The van der Waals surface area contributed by atoms with Gasteiger partial charge in [-0.25, -0.2) is 0 Å². The van der Waals surface area contributed by atoms with Gasteiger partial charge in [-0.2, -0.15) is 0 Å². The van der Waals surface area contributed by atoms with E-state index in [2.05, 4.69) is 53.4 Å². The molecule has 0 aliphatic rings. The summed E-state index contributed by atoms with van der Waals surface area (Å²) in [6.07, 6.45) is 3.63. The second-order valence-corrected chi connectivity index (χ2v) is 5.87. The van der Waals surface area contributed by atoms with Gasteiger partial charge in [0.05, 0.1) is 0 Å². The minimum atomic E-state index is 0.123. The predicted molar refractivity (Wildman–Crippen MR) is 74.7 cm³/mol. The molecule has 1 N–H and O–H groups in total. The highest BCUT2D eigenvalue weighted by molar-refractivity contribution is 5.16. The lowest BCUT2D eigenvalue weighted by molar-refractivity contribution is 0.346. The van der Waals surface area contributed by atoms with Crippen molar-refractivity contribution in [3.05, 3.63) is 12.2 Å². The molecule has 0 saturated carbocycles. The van der Waals surface area contributed by atoms with E-state index in [-0.39, 0.29) is 5.54 Å². The van der Waals surface area contributed by atoms with Gasteiger partial charge in [-0.15, -0.1) is 0 Å². The van der Waals surface area contributed by atoms with Crippen LogP contribution in [0, 0.1) is 11.8 Å². The summed E-state index contributed by atoms with van der Waals surface area (Å²) in [5, 5.41) is 3.71. The quantitative estimate of drug-likeness (QED) is 0.604. The minimum absolute atomic E-state index is 0.123. The first kappa shape index (κ1) is 15.7. The molecule has 0 aliphatic carbocycles. The second-order valence-electron chi connectivity index (χ2n) is 5.87. The molecule has 0 spiro atoms. The Labute approximate surface area is 103 Å². The maximum absolute atomic E-state index is 4.28. The zero-order valence-electron chi connectivity index (χ0n) is 12.2. The van der Waals surface area contributed by atoms with E-state index in [0.717, 1.165) is 12.5 Å². The van der Waals surface area contributed by atoms with Gasteiger partial charge in [-0.1, -0.05) is 53.2 Å². The van der Waals surface area contributed by atoms with Crippen molar-refractivity contribution in [2.24, 2.45) is 11.8 Å². The molecule has 1 unspecified atom stereocenters. The third kappa shape index (κ3) is 5.16. The Balaban J connectivity index is 4.38. The fourth-order valence-corrected chi connectivity index (χ4v) is 2.14. The SMILES string of the molecule is C=C(C(C)C)C(C)(CCC)NCCC(C)C. The van der Waals surface area contributed by atoms with Crippen LogP contribution in [0.1, 0.15) is 60.8 Å². The lowest BCUT2D eigenvalue weighted by Gasteiger charge is -2.35. The van der Waals surface area contributed by atoms with Gasteiger partial charge >= 0.3 is 0 Å². The van der Waals surface area contributed by atoms with Crippen LogP contribution in [0.2, 0.25) is 0 Å². The summed E-state index contributed by atoms with van der Waals surface area (Å²) >= 11 is 0. The molecule has 0 saturated heterocycles. The van der Waals surface area contributed by atoms with E-state index in [9.17, 15) is 0 Å². The predicted octanol–water partition coefficient (Wildman–Crippen LogP) is 4.39. The summed E-state index contributed by atoms with van der Waals surface area (Å²) in [5.41, 5.74) is 1.47. The zero-order chi connectivity index (χ0) is 12.8. The van der Waals surface area contributed by atoms with Gasteiger partial charge in [0.15, 0.2) is 0 Å². The molecule has 0 aliphatic heterocycles. The molecule has 0 aromatic carbocycles. The van der Waals surface area contributed by atoms with E-state index in [1.807, 2.05) is 0 Å². The van der Waals surface area contributed by atoms with E-state index >= 15 is 0 Å². The van der Waals surface area contributed by atoms with Crippen molar-refractivity contribution >= 4 is 0 Å². The Kier molecular flexibility index (Phi) is 6.98. The van der Waals surface area contributed by atoms with Gasteiger partial charge < -0.3 is 5.32 Å². The molecule has 0 amide bonds. The molecule has 1 atom stereocenters. The Morgan fingerprint density at radius 2 is 1.81 bits per heavy atom. The summed E-state index contributed by atoms with van der Waals surface area (Å²) in [5.74, 6) is 1.33. The molecule has 0 radical (unpaired) electrons. The van der Waals surface area contributed by atoms with Crippen molar-refractivity contribution < 1.29 is 0 Å². The average molecular weight is 225 g/mol. The van der Waals surface area contributed by atoms with Crippen LogP contribution in [-0.4, -0.2) is 12.1 Å². The van der Waals surface area contributed by atoms with Gasteiger partial charge in [0.1, 0.15) is 0 Å². The van der Waals surface area contributed by atoms with Crippen LogP contribution in [-0.2, 0) is 0 Å². The monoisotopic (exact) mass is 225 g/mol. The summed E-state index contributed by atoms with van der Waals surface area (Å²) in [7, 11) is 0. The van der Waals surface area contributed by atoms with Gasteiger partial charge in [0, 0.05) is 5.54 Å². The van der Waals surface area contributed by atoms with E-state index < -0.39 is 0 Å². The minimum Gasteiger partial charge on any atom is -0.308 e. The zero-order valence-corrected chi connectivity index (χ0v) is 12.2. The summed E-state index contributed by atoms with van der Waals surface area (Å²) in [6, 6.07) is 0. The highest BCUT2D eigenvalue weighted by Crippen LogP contribution is 2.27. The molecule has 0 aromatic heterocycles. The molecule has 1 nitrogen and oxygen atoms in total. The molecule has 0 rings (SSSR count). The lowest BCUT2D eigenvalue weighted by atomic mass is 9.82. The Morgan fingerprint density at radius 3 is 2.19 bits per heavy atom. The molecule has 0 heterocycles. The highest BCUT2D eigenvalue weighted by atomic mass is 15.0. The largest absolute Gasteiger partial charge is 0.308 e. The molecule has 0 bridgehead atoms. The van der Waals surface area contributed by atoms with Crippen LogP contribution in [0.5, 0.6) is 0 Å². The Morgan fingerprint density at radius 1 is 1.25 bits per heavy atom. The molecule has 0 aromatic rings. The maximum atomic E-state index is 4.28. The fraction of sp³-hybridized carbons (Fsp3) is 0.867. The van der Waals surface area contributed by atoms with Crippen molar-refractivity contribution in [2.75, 3.05) is 6.54 Å².